The van der Waals surface area contributed by atoms with Crippen LogP contribution in [0.3, 0.4) is 0 Å². The van der Waals surface area contributed by atoms with E-state index in [0.29, 0.717) is 0 Å². The lowest BCUT2D eigenvalue weighted by Crippen LogP contribution is -2.29. The Hall–Kier alpha value is -1.62. The molecule has 4 N–H and O–H groups in total. The molecule has 15 heavy (non-hydrogen) atoms. The Morgan fingerprint density at radius 1 is 1.60 bits per heavy atom. The summed E-state index contributed by atoms with van der Waals surface area (Å²) >= 11 is 0. The highest BCUT2D eigenvalue weighted by atomic mass is 19.1. The smallest absolute Gasteiger partial charge is 0.255 e. The fourth-order valence-corrected chi connectivity index (χ4v) is 1.32. The molecule has 0 radical (unpaired) electrons. The first kappa shape index (κ1) is 9.92. The summed E-state index contributed by atoms with van der Waals surface area (Å²) in [6.45, 7) is 0. The van der Waals surface area contributed by atoms with Crippen molar-refractivity contribution in [2.45, 2.75) is 18.5 Å². The highest BCUT2D eigenvalue weighted by molar-refractivity contribution is 5.97. The van der Waals surface area contributed by atoms with Crippen LogP contribution in [0.5, 0.6) is 5.75 Å². The zero-order valence-corrected chi connectivity index (χ0v) is 7.90. The van der Waals surface area contributed by atoms with Crippen LogP contribution in [-0.2, 0) is 0 Å². The molecule has 2 rings (SSSR count). The molecule has 0 heterocycles. The number of carbonyl (C=O) groups is 1. The molecule has 5 heteroatoms. The van der Waals surface area contributed by atoms with Gasteiger partial charge in [0.1, 0.15) is 11.6 Å². The van der Waals surface area contributed by atoms with E-state index in [2.05, 4.69) is 5.32 Å². The Bertz CT molecular complexity index is 408. The van der Waals surface area contributed by atoms with E-state index in [9.17, 15) is 14.3 Å². The summed E-state index contributed by atoms with van der Waals surface area (Å²) in [5, 5.41) is 11.9. The van der Waals surface area contributed by atoms with Gasteiger partial charge in [0, 0.05) is 12.1 Å². The quantitative estimate of drug-likeness (QED) is 0.659. The number of phenolic OH excluding ortho intramolecular Hbond substituents is 1. The van der Waals surface area contributed by atoms with Gasteiger partial charge in [-0.25, -0.2) is 4.39 Å². The van der Waals surface area contributed by atoms with Gasteiger partial charge in [0.2, 0.25) is 0 Å². The van der Waals surface area contributed by atoms with E-state index < -0.39 is 11.7 Å². The molecule has 2 unspecified atom stereocenters. The molecule has 1 aromatic carbocycles. The second kappa shape index (κ2) is 3.51. The Morgan fingerprint density at radius 2 is 2.27 bits per heavy atom. The molecule has 1 aliphatic carbocycles. The van der Waals surface area contributed by atoms with Crippen molar-refractivity contribution < 1.29 is 14.3 Å². The van der Waals surface area contributed by atoms with E-state index in [-0.39, 0.29) is 23.4 Å². The molecule has 0 saturated heterocycles. The second-order valence-electron chi connectivity index (χ2n) is 3.64. The number of nitrogens with one attached hydrogen (secondary N) is 1. The number of rotatable bonds is 2. The fourth-order valence-electron chi connectivity index (χ4n) is 1.32. The molecule has 1 fully saturated rings. The minimum absolute atomic E-state index is 0.0235. The molecular weight excluding hydrogens is 199 g/mol. The van der Waals surface area contributed by atoms with Crippen molar-refractivity contribution >= 4 is 5.91 Å². The number of hydrogen-bond acceptors (Lipinski definition) is 3. The minimum atomic E-state index is -0.557. The van der Waals surface area contributed by atoms with Crippen molar-refractivity contribution in [1.29, 1.82) is 0 Å². The third kappa shape index (κ3) is 2.07. The number of hydrogen-bond donors (Lipinski definition) is 3. The number of halogens is 1. The van der Waals surface area contributed by atoms with E-state index in [1.54, 1.807) is 0 Å². The van der Waals surface area contributed by atoms with Gasteiger partial charge in [-0.3, -0.25) is 4.79 Å². The van der Waals surface area contributed by atoms with Crippen LogP contribution < -0.4 is 11.1 Å². The normalized spacial score (nSPS) is 23.6. The fraction of sp³-hybridized carbons (Fsp3) is 0.300. The van der Waals surface area contributed by atoms with E-state index in [1.807, 2.05) is 0 Å². The van der Waals surface area contributed by atoms with Gasteiger partial charge in [-0.1, -0.05) is 0 Å². The van der Waals surface area contributed by atoms with Gasteiger partial charge >= 0.3 is 0 Å². The van der Waals surface area contributed by atoms with Crippen molar-refractivity contribution in [3.05, 3.63) is 29.6 Å². The third-order valence-electron chi connectivity index (χ3n) is 2.36. The number of aromatic hydroxyl groups is 1. The molecule has 1 saturated carbocycles. The molecular formula is C10H11FN2O2. The topological polar surface area (TPSA) is 75.3 Å². The first-order valence-electron chi connectivity index (χ1n) is 4.63. The third-order valence-corrected chi connectivity index (χ3v) is 2.36. The van der Waals surface area contributed by atoms with Crippen LogP contribution in [0, 0.1) is 5.82 Å². The maximum Gasteiger partial charge on any atom is 0.255 e. The predicted octanol–water partition coefficient (Wildman–Crippen LogP) is 0.361. The Labute approximate surface area is 85.9 Å². The van der Waals surface area contributed by atoms with Crippen molar-refractivity contribution in [2.24, 2.45) is 5.73 Å². The second-order valence-corrected chi connectivity index (χ2v) is 3.64. The van der Waals surface area contributed by atoms with E-state index in [4.69, 9.17) is 5.73 Å². The molecule has 1 aliphatic rings. The number of carbonyl (C=O) groups excluding carboxylic acids is 1. The molecule has 1 aromatic rings. The summed E-state index contributed by atoms with van der Waals surface area (Å²) in [5.74, 6) is -1.29. The highest BCUT2D eigenvalue weighted by Crippen LogP contribution is 2.21. The number of phenols is 1. The average molecular weight is 210 g/mol. The summed E-state index contributed by atoms with van der Waals surface area (Å²) in [7, 11) is 0. The van der Waals surface area contributed by atoms with Gasteiger partial charge in [-0.2, -0.15) is 0 Å². The molecule has 0 aliphatic heterocycles. The maximum atomic E-state index is 12.8. The highest BCUT2D eigenvalue weighted by Gasteiger charge is 2.35. The van der Waals surface area contributed by atoms with Crippen molar-refractivity contribution in [1.82, 2.24) is 5.32 Å². The van der Waals surface area contributed by atoms with E-state index in [0.717, 1.165) is 24.6 Å². The molecule has 0 spiro atoms. The molecule has 2 atom stereocenters. The van der Waals surface area contributed by atoms with Gasteiger partial charge in [0.05, 0.1) is 5.56 Å². The first-order chi connectivity index (χ1) is 7.08. The average Bonchev–Trinajstić information content (AvgIpc) is 2.86. The molecule has 80 valence electrons. The Kier molecular flexibility index (Phi) is 2.32. The standard InChI is InChI=1S/C10H11FN2O2/c11-5-1-2-9(14)6(3-5)10(15)13-8-4-7(8)12/h1-3,7-8,14H,4,12H2,(H,13,15). The number of amides is 1. The van der Waals surface area contributed by atoms with Crippen LogP contribution in [0.2, 0.25) is 0 Å². The van der Waals surface area contributed by atoms with Gasteiger partial charge < -0.3 is 16.2 Å². The summed E-state index contributed by atoms with van der Waals surface area (Å²) in [6, 6.07) is 3.16. The number of nitrogens with two attached hydrogens (primary N) is 1. The monoisotopic (exact) mass is 210 g/mol. The number of benzene rings is 1. The van der Waals surface area contributed by atoms with Gasteiger partial charge in [-0.05, 0) is 24.6 Å². The van der Waals surface area contributed by atoms with E-state index >= 15 is 0 Å². The molecule has 1 amide bonds. The zero-order chi connectivity index (χ0) is 11.0. The van der Waals surface area contributed by atoms with Crippen molar-refractivity contribution in [2.75, 3.05) is 0 Å². The van der Waals surface area contributed by atoms with E-state index in [1.165, 1.54) is 0 Å². The van der Waals surface area contributed by atoms with Crippen LogP contribution in [-0.4, -0.2) is 23.1 Å². The lowest BCUT2D eigenvalue weighted by atomic mass is 10.2. The van der Waals surface area contributed by atoms with Gasteiger partial charge in [-0.15, -0.1) is 0 Å². The summed E-state index contributed by atoms with van der Waals surface area (Å²) in [5.41, 5.74) is 5.45. The van der Waals surface area contributed by atoms with Crippen LogP contribution >= 0.6 is 0 Å². The predicted molar refractivity (Wildman–Crippen MR) is 51.9 cm³/mol. The Balaban J connectivity index is 2.14. The first-order valence-corrected chi connectivity index (χ1v) is 4.63. The zero-order valence-electron chi connectivity index (χ0n) is 7.90. The summed E-state index contributed by atoms with van der Waals surface area (Å²) in [6.07, 6.45) is 0.724. The summed E-state index contributed by atoms with van der Waals surface area (Å²) < 4.78 is 12.8. The lowest BCUT2D eigenvalue weighted by Gasteiger charge is -2.05. The van der Waals surface area contributed by atoms with Crippen molar-refractivity contribution in [3.8, 4) is 5.75 Å². The largest absolute Gasteiger partial charge is 0.507 e. The van der Waals surface area contributed by atoms with Gasteiger partial charge in [0.25, 0.3) is 5.91 Å². The molecule has 0 aromatic heterocycles. The van der Waals surface area contributed by atoms with Gasteiger partial charge in [0.15, 0.2) is 0 Å². The SMILES string of the molecule is NC1CC1NC(=O)c1cc(F)ccc1O. The summed E-state index contributed by atoms with van der Waals surface area (Å²) in [4.78, 5) is 11.5. The molecule has 4 nitrogen and oxygen atoms in total. The Morgan fingerprint density at radius 3 is 2.87 bits per heavy atom. The molecule has 0 bridgehead atoms. The van der Waals surface area contributed by atoms with Crippen LogP contribution in [0.4, 0.5) is 4.39 Å². The van der Waals surface area contributed by atoms with Crippen LogP contribution in [0.25, 0.3) is 0 Å². The minimum Gasteiger partial charge on any atom is -0.507 e. The maximum absolute atomic E-state index is 12.8. The van der Waals surface area contributed by atoms with Crippen molar-refractivity contribution in [3.63, 3.8) is 0 Å². The lowest BCUT2D eigenvalue weighted by molar-refractivity contribution is 0.0947. The van der Waals surface area contributed by atoms with Crippen LogP contribution in [0.1, 0.15) is 16.8 Å². The van der Waals surface area contributed by atoms with Crippen LogP contribution in [0.15, 0.2) is 18.2 Å².